The second-order valence-electron chi connectivity index (χ2n) is 7.75. The van der Waals surface area contributed by atoms with Crippen molar-refractivity contribution in [1.82, 2.24) is 4.40 Å². The molecule has 2 heterocycles. The maximum atomic E-state index is 13.5. The molecule has 5 aromatic rings. The summed E-state index contributed by atoms with van der Waals surface area (Å²) in [6.45, 7) is 3.86. The van der Waals surface area contributed by atoms with Crippen LogP contribution in [-0.2, 0) is 4.74 Å². The van der Waals surface area contributed by atoms with Gasteiger partial charge in [-0.3, -0.25) is 14.0 Å². The van der Waals surface area contributed by atoms with Crippen LogP contribution in [0.3, 0.4) is 0 Å². The number of pyridine rings is 2. The van der Waals surface area contributed by atoms with Crippen LogP contribution in [0.15, 0.2) is 65.6 Å². The molecule has 32 heavy (non-hydrogen) atoms. The molecule has 0 aliphatic heterocycles. The van der Waals surface area contributed by atoms with Gasteiger partial charge in [0.25, 0.3) is 5.56 Å². The van der Waals surface area contributed by atoms with E-state index in [1.54, 1.807) is 55.6 Å². The fourth-order valence-electron chi connectivity index (χ4n) is 4.38. The number of anilines is 1. The predicted octanol–water partition coefficient (Wildman–Crippen LogP) is 4.34. The molecule has 6 nitrogen and oxygen atoms in total. The average molecular weight is 424 g/mol. The van der Waals surface area contributed by atoms with Crippen molar-refractivity contribution in [1.29, 1.82) is 0 Å². The van der Waals surface area contributed by atoms with Crippen LogP contribution in [0.2, 0.25) is 0 Å². The molecule has 0 aliphatic rings. The number of ketones is 1. The van der Waals surface area contributed by atoms with Gasteiger partial charge in [0.15, 0.2) is 5.78 Å². The number of benzene rings is 3. The van der Waals surface area contributed by atoms with Crippen molar-refractivity contribution in [3.63, 3.8) is 0 Å². The molecule has 158 valence electrons. The van der Waals surface area contributed by atoms with Crippen LogP contribution in [0.25, 0.3) is 27.1 Å². The third-order valence-corrected chi connectivity index (χ3v) is 5.85. The summed E-state index contributed by atoms with van der Waals surface area (Å²) in [4.78, 5) is 39.8. The first-order valence-electron chi connectivity index (χ1n) is 10.3. The van der Waals surface area contributed by atoms with Crippen molar-refractivity contribution in [2.45, 2.75) is 13.8 Å². The zero-order chi connectivity index (χ0) is 22.6. The zero-order valence-corrected chi connectivity index (χ0v) is 17.6. The molecule has 0 saturated carbocycles. The van der Waals surface area contributed by atoms with Crippen molar-refractivity contribution in [3.05, 3.63) is 93.4 Å². The number of nitrogens with zero attached hydrogens (tertiary/aromatic N) is 1. The van der Waals surface area contributed by atoms with E-state index in [9.17, 15) is 14.4 Å². The van der Waals surface area contributed by atoms with E-state index in [2.05, 4.69) is 0 Å². The van der Waals surface area contributed by atoms with Crippen molar-refractivity contribution in [3.8, 4) is 0 Å². The normalized spacial score (nSPS) is 11.4. The minimum atomic E-state index is -0.539. The van der Waals surface area contributed by atoms with Crippen molar-refractivity contribution in [2.24, 2.45) is 0 Å². The van der Waals surface area contributed by atoms with E-state index in [1.165, 1.54) is 4.40 Å². The van der Waals surface area contributed by atoms with Gasteiger partial charge in [0, 0.05) is 33.3 Å². The Morgan fingerprint density at radius 2 is 1.59 bits per heavy atom. The molecule has 0 amide bonds. The highest BCUT2D eigenvalue weighted by Gasteiger charge is 2.26. The predicted molar refractivity (Wildman–Crippen MR) is 125 cm³/mol. The molecule has 0 radical (unpaired) electrons. The highest BCUT2D eigenvalue weighted by molar-refractivity contribution is 6.29. The van der Waals surface area contributed by atoms with Gasteiger partial charge >= 0.3 is 5.97 Å². The Morgan fingerprint density at radius 3 is 2.28 bits per heavy atom. The minimum Gasteiger partial charge on any atom is -0.462 e. The second kappa shape index (κ2) is 7.20. The molecule has 2 aromatic heterocycles. The molecule has 0 bridgehead atoms. The molecule has 0 fully saturated rings. The number of rotatable bonds is 4. The van der Waals surface area contributed by atoms with Gasteiger partial charge in [0.2, 0.25) is 0 Å². The Balaban J connectivity index is 1.97. The maximum absolute atomic E-state index is 13.5. The van der Waals surface area contributed by atoms with Gasteiger partial charge < -0.3 is 10.5 Å². The number of nitrogen functional groups attached to an aromatic ring is 1. The monoisotopic (exact) mass is 424 g/mol. The van der Waals surface area contributed by atoms with E-state index < -0.39 is 11.5 Å². The quantitative estimate of drug-likeness (QED) is 0.201. The first kappa shape index (κ1) is 19.8. The highest BCUT2D eigenvalue weighted by atomic mass is 16.5. The van der Waals surface area contributed by atoms with Crippen LogP contribution in [0, 0.1) is 6.92 Å². The summed E-state index contributed by atoms with van der Waals surface area (Å²) in [6, 6.07) is 15.8. The van der Waals surface area contributed by atoms with Crippen LogP contribution in [0.4, 0.5) is 5.69 Å². The van der Waals surface area contributed by atoms with Gasteiger partial charge in [-0.15, -0.1) is 0 Å². The molecule has 6 heteroatoms. The van der Waals surface area contributed by atoms with Gasteiger partial charge in [-0.25, -0.2) is 4.79 Å². The van der Waals surface area contributed by atoms with Gasteiger partial charge in [-0.05, 0) is 26.0 Å². The molecular weight excluding hydrogens is 404 g/mol. The SMILES string of the molecule is CCOC(=O)c1c(N)c2cccn3c(=O)c(C(=O)c4ccc(C)cc4)c4cccc1c4c23. The third kappa shape index (κ3) is 2.69. The summed E-state index contributed by atoms with van der Waals surface area (Å²) in [6.07, 6.45) is 1.62. The summed E-state index contributed by atoms with van der Waals surface area (Å²) in [5, 5.41) is 2.23. The number of ether oxygens (including phenoxy) is 1. The van der Waals surface area contributed by atoms with Gasteiger partial charge in [0.05, 0.1) is 28.9 Å². The first-order chi connectivity index (χ1) is 15.4. The van der Waals surface area contributed by atoms with E-state index in [1.807, 2.05) is 19.1 Å². The zero-order valence-electron chi connectivity index (χ0n) is 17.6. The van der Waals surface area contributed by atoms with E-state index in [-0.39, 0.29) is 29.2 Å². The van der Waals surface area contributed by atoms with Crippen LogP contribution in [0.5, 0.6) is 0 Å². The number of nitrogens with two attached hydrogens (primary N) is 1. The summed E-state index contributed by atoms with van der Waals surface area (Å²) >= 11 is 0. The van der Waals surface area contributed by atoms with E-state index in [0.29, 0.717) is 32.6 Å². The van der Waals surface area contributed by atoms with Gasteiger partial charge in [-0.1, -0.05) is 48.0 Å². The van der Waals surface area contributed by atoms with Crippen molar-refractivity contribution in [2.75, 3.05) is 12.3 Å². The number of carbonyl (C=O) groups excluding carboxylic acids is 2. The molecule has 0 saturated heterocycles. The van der Waals surface area contributed by atoms with Crippen LogP contribution in [0.1, 0.15) is 38.8 Å². The lowest BCUT2D eigenvalue weighted by molar-refractivity contribution is 0.0530. The molecule has 5 rings (SSSR count). The molecule has 0 spiro atoms. The fraction of sp³-hybridized carbons (Fsp3) is 0.115. The second-order valence-corrected chi connectivity index (χ2v) is 7.75. The number of carbonyl (C=O) groups is 2. The lowest BCUT2D eigenvalue weighted by Crippen LogP contribution is -2.24. The van der Waals surface area contributed by atoms with Crippen LogP contribution < -0.4 is 11.3 Å². The summed E-state index contributed by atoms with van der Waals surface area (Å²) in [5.41, 5.74) is 8.55. The Bertz CT molecular complexity index is 1600. The third-order valence-electron chi connectivity index (χ3n) is 5.85. The van der Waals surface area contributed by atoms with Crippen molar-refractivity contribution < 1.29 is 14.3 Å². The molecule has 3 aromatic carbocycles. The fourth-order valence-corrected chi connectivity index (χ4v) is 4.38. The molecule has 2 N–H and O–H groups in total. The summed E-state index contributed by atoms with van der Waals surface area (Å²) in [7, 11) is 0. The van der Waals surface area contributed by atoms with E-state index in [4.69, 9.17) is 10.5 Å². The standard InChI is InChI=1S/C26H20N2O4/c1-3-32-26(31)20-16-6-4-7-17-19(16)23-18(22(20)27)8-5-13-28(23)25(30)21(17)24(29)15-11-9-14(2)10-12-15/h4-13H,3,27H2,1-2H3. The lowest BCUT2D eigenvalue weighted by Gasteiger charge is -2.18. The van der Waals surface area contributed by atoms with Crippen molar-refractivity contribution >= 4 is 44.5 Å². The smallest absolute Gasteiger partial charge is 0.340 e. The Labute approximate surface area is 183 Å². The average Bonchev–Trinajstić information content (AvgIpc) is 2.79. The number of aromatic nitrogens is 1. The first-order valence-corrected chi connectivity index (χ1v) is 10.3. The van der Waals surface area contributed by atoms with Gasteiger partial charge in [0.1, 0.15) is 0 Å². The molecule has 0 atom stereocenters. The molecule has 0 aliphatic carbocycles. The maximum Gasteiger partial charge on any atom is 0.340 e. The number of hydrogen-bond donors (Lipinski definition) is 1. The Hall–Kier alpha value is -4.19. The number of hydrogen-bond acceptors (Lipinski definition) is 5. The Morgan fingerprint density at radius 1 is 0.938 bits per heavy atom. The summed E-state index contributed by atoms with van der Waals surface area (Å²) < 4.78 is 6.71. The topological polar surface area (TPSA) is 90.9 Å². The highest BCUT2D eigenvalue weighted by Crippen LogP contribution is 2.38. The van der Waals surface area contributed by atoms with E-state index >= 15 is 0 Å². The number of esters is 1. The largest absolute Gasteiger partial charge is 0.462 e. The van der Waals surface area contributed by atoms with E-state index in [0.717, 1.165) is 5.56 Å². The number of aryl methyl sites for hydroxylation is 1. The van der Waals surface area contributed by atoms with Crippen LogP contribution >= 0.6 is 0 Å². The summed E-state index contributed by atoms with van der Waals surface area (Å²) in [5.74, 6) is -0.907. The molecule has 0 unspecified atom stereocenters. The lowest BCUT2D eigenvalue weighted by atomic mass is 9.91. The van der Waals surface area contributed by atoms with Gasteiger partial charge in [-0.2, -0.15) is 0 Å². The minimum absolute atomic E-state index is 0.0593. The molecular formula is C26H20N2O4. The van der Waals surface area contributed by atoms with Crippen LogP contribution in [-0.4, -0.2) is 22.8 Å². The Kier molecular flexibility index (Phi) is 4.44.